The summed E-state index contributed by atoms with van der Waals surface area (Å²) in [5.74, 6) is 1.72. The van der Waals surface area contributed by atoms with Gasteiger partial charge in [-0.1, -0.05) is 152 Å². The highest BCUT2D eigenvalue weighted by molar-refractivity contribution is 7.26. The Bertz CT molecular complexity index is 4600. The van der Waals surface area contributed by atoms with Crippen molar-refractivity contribution < 1.29 is 8.83 Å². The maximum Gasteiger partial charge on any atom is 0.164 e. The lowest BCUT2D eigenvalue weighted by molar-refractivity contribution is 0.668. The van der Waals surface area contributed by atoms with Gasteiger partial charge in [-0.25, -0.2) is 15.0 Å². The summed E-state index contributed by atoms with van der Waals surface area (Å²) in [6, 6.07) is 76.9. The van der Waals surface area contributed by atoms with E-state index in [2.05, 4.69) is 150 Å². The summed E-state index contributed by atoms with van der Waals surface area (Å²) in [4.78, 5) is 15.6. The van der Waals surface area contributed by atoms with Gasteiger partial charge in [0.1, 0.15) is 22.3 Å². The van der Waals surface area contributed by atoms with Gasteiger partial charge in [-0.15, -0.1) is 11.3 Å². The van der Waals surface area contributed by atoms with Crippen LogP contribution in [0.5, 0.6) is 0 Å². The average Bonchev–Trinajstić information content (AvgIpc) is 4.19. The van der Waals surface area contributed by atoms with E-state index in [4.69, 9.17) is 23.8 Å². The molecule has 15 rings (SSSR count). The van der Waals surface area contributed by atoms with Crippen molar-refractivity contribution in [1.29, 1.82) is 0 Å². The molecule has 0 bridgehead atoms. The number of nitrogens with zero attached hydrogens (tertiary/aromatic N) is 4. The van der Waals surface area contributed by atoms with Crippen molar-refractivity contribution >= 4 is 97.2 Å². The van der Waals surface area contributed by atoms with Crippen LogP contribution in [0.2, 0.25) is 0 Å². The third kappa shape index (κ3) is 5.95. The zero-order valence-electron chi connectivity index (χ0n) is 37.3. The quantitative estimate of drug-likeness (QED) is 0.166. The van der Waals surface area contributed by atoms with Crippen LogP contribution in [0.15, 0.2) is 227 Å². The predicted molar refractivity (Wildman–Crippen MR) is 289 cm³/mol. The predicted octanol–water partition coefficient (Wildman–Crippen LogP) is 17.5. The van der Waals surface area contributed by atoms with Crippen molar-refractivity contribution in [2.24, 2.45) is 0 Å². The van der Waals surface area contributed by atoms with Gasteiger partial charge in [-0.3, -0.25) is 0 Å². The number of thiophene rings is 1. The molecule has 0 saturated carbocycles. The molecule has 0 radical (unpaired) electrons. The van der Waals surface area contributed by atoms with Crippen LogP contribution in [0.3, 0.4) is 0 Å². The van der Waals surface area contributed by atoms with Crippen molar-refractivity contribution in [2.45, 2.75) is 0 Å². The number of fused-ring (bicyclic) bond motifs is 12. The Morgan fingerprint density at radius 2 is 0.900 bits per heavy atom. The number of benzene rings is 10. The molecule has 7 heteroatoms. The molecule has 0 aliphatic carbocycles. The smallest absolute Gasteiger partial charge is 0.164 e. The fraction of sp³-hybridized carbons (Fsp3) is 0. The minimum absolute atomic E-state index is 0.561. The van der Waals surface area contributed by atoms with Crippen LogP contribution in [-0.4, -0.2) is 19.5 Å². The lowest BCUT2D eigenvalue weighted by atomic mass is 9.98. The Morgan fingerprint density at radius 3 is 1.69 bits per heavy atom. The van der Waals surface area contributed by atoms with E-state index in [1.165, 1.54) is 47.6 Å². The highest BCUT2D eigenvalue weighted by atomic mass is 32.1. The molecule has 0 aliphatic rings. The largest absolute Gasteiger partial charge is 0.456 e. The number of para-hydroxylation sites is 2. The first-order valence-corrected chi connectivity index (χ1v) is 24.2. The van der Waals surface area contributed by atoms with Crippen LogP contribution in [0.25, 0.3) is 148 Å². The molecule has 10 aromatic carbocycles. The van der Waals surface area contributed by atoms with E-state index in [-0.39, 0.29) is 0 Å². The Morgan fingerprint density at radius 1 is 0.329 bits per heavy atom. The van der Waals surface area contributed by atoms with Crippen LogP contribution in [0.1, 0.15) is 0 Å². The summed E-state index contributed by atoms with van der Waals surface area (Å²) in [6.07, 6.45) is 0. The summed E-state index contributed by atoms with van der Waals surface area (Å²) >= 11 is 1.87. The lowest BCUT2D eigenvalue weighted by Gasteiger charge is -2.10. The molecule has 0 N–H and O–H groups in total. The number of hydrogen-bond acceptors (Lipinski definition) is 6. The molecule has 5 heterocycles. The van der Waals surface area contributed by atoms with Gasteiger partial charge in [0.15, 0.2) is 17.5 Å². The molecule has 0 saturated heterocycles. The van der Waals surface area contributed by atoms with E-state index in [0.717, 1.165) is 82.9 Å². The SMILES string of the molecule is c1ccc(-c2nc(-c3cccc4oc5ccccc5c34)nc(-c3cccc4oc5ccc(-c6ccc7c(c6)c6ccc(-c8cccc9c8sc8ccccc89)cc6n7-c6ccccc6)cc5c34)n2)cc1. The van der Waals surface area contributed by atoms with Gasteiger partial charge >= 0.3 is 0 Å². The van der Waals surface area contributed by atoms with Gasteiger partial charge in [-0.05, 0) is 89.0 Å². The number of furan rings is 2. The van der Waals surface area contributed by atoms with Gasteiger partial charge in [0.2, 0.25) is 0 Å². The lowest BCUT2D eigenvalue weighted by Crippen LogP contribution is -2.00. The van der Waals surface area contributed by atoms with Crippen molar-refractivity contribution in [3.8, 4) is 62.1 Å². The molecule has 0 unspecified atom stereocenters. The second-order valence-corrected chi connectivity index (χ2v) is 18.9. The van der Waals surface area contributed by atoms with Crippen molar-refractivity contribution in [2.75, 3.05) is 0 Å². The van der Waals surface area contributed by atoms with Crippen LogP contribution in [0, 0.1) is 0 Å². The molecule has 0 spiro atoms. The minimum Gasteiger partial charge on any atom is -0.456 e. The van der Waals surface area contributed by atoms with E-state index < -0.39 is 0 Å². The second kappa shape index (κ2) is 15.2. The molecule has 5 aromatic heterocycles. The summed E-state index contributed by atoms with van der Waals surface area (Å²) in [6.45, 7) is 0. The minimum atomic E-state index is 0.561. The number of rotatable bonds is 6. The van der Waals surface area contributed by atoms with Crippen LogP contribution < -0.4 is 0 Å². The maximum absolute atomic E-state index is 6.62. The van der Waals surface area contributed by atoms with Gasteiger partial charge < -0.3 is 13.4 Å². The van der Waals surface area contributed by atoms with E-state index in [1.54, 1.807) is 0 Å². The molecular formula is C63H36N4O2S. The zero-order valence-corrected chi connectivity index (χ0v) is 38.1. The Kier molecular flexibility index (Phi) is 8.43. The molecule has 6 nitrogen and oxygen atoms in total. The van der Waals surface area contributed by atoms with Crippen molar-refractivity contribution in [1.82, 2.24) is 19.5 Å². The maximum atomic E-state index is 6.62. The van der Waals surface area contributed by atoms with Gasteiger partial charge in [-0.2, -0.15) is 0 Å². The average molecular weight is 913 g/mol. The Hall–Kier alpha value is -9.17. The first-order valence-electron chi connectivity index (χ1n) is 23.4. The highest BCUT2D eigenvalue weighted by Crippen LogP contribution is 2.44. The topological polar surface area (TPSA) is 69.9 Å². The molecule has 0 atom stereocenters. The monoisotopic (exact) mass is 912 g/mol. The van der Waals surface area contributed by atoms with Gasteiger partial charge in [0.05, 0.1) is 11.0 Å². The standard InChI is InChI=1S/C63H36N4O2S/c1-3-14-37(15-4-1)61-64-62(47-22-12-25-55-58(47)46-19-7-9-24-53(46)68-55)66-63(65-61)48-23-13-26-56-59(48)50-35-39(30-33-54(50)69-56)38-29-32-51-49(34-38)43-31-28-40(36-52(43)67(51)41-16-5-2-6-17-41)42-20-11-21-45-44-18-8-10-27-57(44)70-60(42)45/h1-36H. The normalized spacial score (nSPS) is 12.0. The zero-order chi connectivity index (χ0) is 45.9. The van der Waals surface area contributed by atoms with Crippen molar-refractivity contribution in [3.63, 3.8) is 0 Å². The van der Waals surface area contributed by atoms with E-state index in [1.807, 2.05) is 84.1 Å². The van der Waals surface area contributed by atoms with Gasteiger partial charge in [0, 0.05) is 74.9 Å². The third-order valence-corrected chi connectivity index (χ3v) is 15.1. The van der Waals surface area contributed by atoms with Crippen LogP contribution in [-0.2, 0) is 0 Å². The van der Waals surface area contributed by atoms with Gasteiger partial charge in [0.25, 0.3) is 0 Å². The number of aromatic nitrogens is 4. The molecule has 0 aliphatic heterocycles. The molecule has 15 aromatic rings. The molecule has 0 fully saturated rings. The molecule has 70 heavy (non-hydrogen) atoms. The molecule has 0 amide bonds. The molecule has 326 valence electrons. The number of hydrogen-bond donors (Lipinski definition) is 0. The summed E-state index contributed by atoms with van der Waals surface area (Å²) in [7, 11) is 0. The molecular weight excluding hydrogens is 877 g/mol. The Labute approximate surface area is 404 Å². The summed E-state index contributed by atoms with van der Waals surface area (Å²) < 4.78 is 18.0. The first kappa shape index (κ1) is 38.9. The second-order valence-electron chi connectivity index (χ2n) is 17.9. The summed E-state index contributed by atoms with van der Waals surface area (Å²) in [5, 5.41) is 8.91. The van der Waals surface area contributed by atoms with E-state index in [0.29, 0.717) is 17.5 Å². The Balaban J connectivity index is 0.901. The fourth-order valence-electron chi connectivity index (χ4n) is 10.7. The van der Waals surface area contributed by atoms with Crippen LogP contribution >= 0.6 is 11.3 Å². The fourth-order valence-corrected chi connectivity index (χ4v) is 11.9. The summed E-state index contributed by atoms with van der Waals surface area (Å²) in [5.41, 5.74) is 13.9. The third-order valence-electron chi connectivity index (χ3n) is 13.9. The highest BCUT2D eigenvalue weighted by Gasteiger charge is 2.22. The van der Waals surface area contributed by atoms with E-state index in [9.17, 15) is 0 Å². The first-order chi connectivity index (χ1) is 34.7. The van der Waals surface area contributed by atoms with Crippen LogP contribution in [0.4, 0.5) is 0 Å². The van der Waals surface area contributed by atoms with Crippen molar-refractivity contribution in [3.05, 3.63) is 218 Å². The van der Waals surface area contributed by atoms with E-state index >= 15 is 0 Å².